The maximum atomic E-state index is 13.1. The largest absolute Gasteiger partial charge is 0.490 e. The van der Waals surface area contributed by atoms with E-state index in [4.69, 9.17) is 4.74 Å². The minimum atomic E-state index is -0.118. The van der Waals surface area contributed by atoms with Gasteiger partial charge in [-0.1, -0.05) is 42.5 Å². The van der Waals surface area contributed by atoms with Crippen LogP contribution in [0.5, 0.6) is 5.75 Å². The van der Waals surface area contributed by atoms with E-state index in [1.807, 2.05) is 36.4 Å². The number of carbonyl (C=O) groups is 1. The maximum absolute atomic E-state index is 13.1. The van der Waals surface area contributed by atoms with Crippen LogP contribution in [-0.4, -0.2) is 62.1 Å². The number of fused-ring (bicyclic) bond motifs is 3. The van der Waals surface area contributed by atoms with Gasteiger partial charge in [0, 0.05) is 38.3 Å². The summed E-state index contributed by atoms with van der Waals surface area (Å²) in [6.07, 6.45) is 0.928. The van der Waals surface area contributed by atoms with E-state index in [0.29, 0.717) is 23.6 Å². The average molecular weight is 428 g/mol. The van der Waals surface area contributed by atoms with E-state index >= 15 is 0 Å². The Kier molecular flexibility index (Phi) is 5.93. The first-order valence-corrected chi connectivity index (χ1v) is 11.3. The molecule has 32 heavy (non-hydrogen) atoms. The predicted molar refractivity (Wildman–Crippen MR) is 129 cm³/mol. The molecular weight excluding hydrogens is 398 g/mol. The number of piperazine rings is 1. The summed E-state index contributed by atoms with van der Waals surface area (Å²) in [7, 11) is 2.16. The number of para-hydroxylation sites is 2. The Hall–Kier alpha value is -3.15. The Labute approximate surface area is 189 Å². The molecule has 5 heteroatoms. The van der Waals surface area contributed by atoms with Gasteiger partial charge in [0.1, 0.15) is 12.4 Å². The van der Waals surface area contributed by atoms with E-state index in [9.17, 15) is 4.79 Å². The highest BCUT2D eigenvalue weighted by molar-refractivity contribution is 6.06. The van der Waals surface area contributed by atoms with Crippen molar-refractivity contribution in [1.29, 1.82) is 0 Å². The third kappa shape index (κ3) is 4.40. The fraction of sp³-hybridized carbons (Fsp3) is 0.296. The SMILES string of the molecule is CN1CCN(CCOc2ccccc2NC(=O)c2ccc3c(c2)-c2ccccc2C3)CC1. The molecule has 1 fully saturated rings. The molecule has 3 aromatic carbocycles. The highest BCUT2D eigenvalue weighted by atomic mass is 16.5. The number of nitrogens with one attached hydrogen (secondary N) is 1. The Balaban J connectivity index is 1.25. The molecule has 0 unspecified atom stereocenters. The van der Waals surface area contributed by atoms with Gasteiger partial charge < -0.3 is 15.0 Å². The molecule has 2 aliphatic rings. The fourth-order valence-corrected chi connectivity index (χ4v) is 4.51. The number of nitrogens with zero attached hydrogens (tertiary/aromatic N) is 2. The van der Waals surface area contributed by atoms with Gasteiger partial charge in [-0.3, -0.25) is 9.69 Å². The maximum Gasteiger partial charge on any atom is 0.255 e. The lowest BCUT2D eigenvalue weighted by Gasteiger charge is -2.32. The minimum Gasteiger partial charge on any atom is -0.490 e. The number of rotatable bonds is 6. The molecule has 0 aromatic heterocycles. The Morgan fingerprint density at radius 2 is 1.66 bits per heavy atom. The van der Waals surface area contributed by atoms with Gasteiger partial charge in [-0.05, 0) is 60.0 Å². The predicted octanol–water partition coefficient (Wildman–Crippen LogP) is 4.14. The lowest BCUT2D eigenvalue weighted by atomic mass is 10.0. The van der Waals surface area contributed by atoms with E-state index < -0.39 is 0 Å². The summed E-state index contributed by atoms with van der Waals surface area (Å²) < 4.78 is 6.05. The van der Waals surface area contributed by atoms with Crippen LogP contribution in [0.2, 0.25) is 0 Å². The zero-order chi connectivity index (χ0) is 21.9. The van der Waals surface area contributed by atoms with Gasteiger partial charge in [-0.25, -0.2) is 0 Å². The number of benzene rings is 3. The number of amides is 1. The second-order valence-electron chi connectivity index (χ2n) is 8.65. The second-order valence-corrected chi connectivity index (χ2v) is 8.65. The normalized spacial score (nSPS) is 15.8. The first-order valence-electron chi connectivity index (χ1n) is 11.3. The first kappa shape index (κ1) is 20.7. The van der Waals surface area contributed by atoms with Crippen LogP contribution in [0.1, 0.15) is 21.5 Å². The Bertz CT molecular complexity index is 1120. The lowest BCUT2D eigenvalue weighted by Crippen LogP contribution is -2.45. The van der Waals surface area contributed by atoms with Crippen molar-refractivity contribution >= 4 is 11.6 Å². The van der Waals surface area contributed by atoms with E-state index in [2.05, 4.69) is 52.5 Å². The summed E-state index contributed by atoms with van der Waals surface area (Å²) in [4.78, 5) is 17.8. The summed E-state index contributed by atoms with van der Waals surface area (Å²) in [5, 5.41) is 3.05. The molecule has 3 aromatic rings. The van der Waals surface area contributed by atoms with Gasteiger partial charge >= 0.3 is 0 Å². The van der Waals surface area contributed by atoms with Crippen LogP contribution in [0.15, 0.2) is 66.7 Å². The molecule has 1 aliphatic heterocycles. The van der Waals surface area contributed by atoms with E-state index in [0.717, 1.165) is 44.7 Å². The van der Waals surface area contributed by atoms with Crippen molar-refractivity contribution in [1.82, 2.24) is 9.80 Å². The van der Waals surface area contributed by atoms with Crippen molar-refractivity contribution in [3.63, 3.8) is 0 Å². The molecule has 0 radical (unpaired) electrons. The third-order valence-corrected chi connectivity index (χ3v) is 6.46. The Morgan fingerprint density at radius 1 is 0.906 bits per heavy atom. The van der Waals surface area contributed by atoms with E-state index in [1.165, 1.54) is 16.7 Å². The number of hydrogen-bond donors (Lipinski definition) is 1. The van der Waals surface area contributed by atoms with Gasteiger partial charge in [0.2, 0.25) is 0 Å². The molecule has 1 aliphatic carbocycles. The number of likely N-dealkylation sites (N-methyl/N-ethyl adjacent to an activating group) is 1. The van der Waals surface area contributed by atoms with Crippen LogP contribution >= 0.6 is 0 Å². The standard InChI is InChI=1S/C27H29N3O2/c1-29-12-14-30(15-13-29)16-17-32-26-9-5-4-8-25(26)28-27(31)22-11-10-21-18-20-6-2-3-7-23(20)24(21)19-22/h2-11,19H,12-18H2,1H3,(H,28,31). The van der Waals surface area contributed by atoms with Crippen LogP contribution < -0.4 is 10.1 Å². The van der Waals surface area contributed by atoms with Gasteiger partial charge in [0.25, 0.3) is 5.91 Å². The molecule has 1 N–H and O–H groups in total. The zero-order valence-corrected chi connectivity index (χ0v) is 18.5. The van der Waals surface area contributed by atoms with Crippen LogP contribution in [-0.2, 0) is 6.42 Å². The Morgan fingerprint density at radius 3 is 2.53 bits per heavy atom. The molecule has 164 valence electrons. The quantitative estimate of drug-likeness (QED) is 0.502. The van der Waals surface area contributed by atoms with Crippen molar-refractivity contribution in [2.45, 2.75) is 6.42 Å². The van der Waals surface area contributed by atoms with Gasteiger partial charge in [-0.15, -0.1) is 0 Å². The molecule has 0 spiro atoms. The monoisotopic (exact) mass is 427 g/mol. The summed E-state index contributed by atoms with van der Waals surface area (Å²) in [5.74, 6) is 0.591. The summed E-state index contributed by atoms with van der Waals surface area (Å²) in [5.41, 5.74) is 6.34. The molecule has 1 saturated heterocycles. The lowest BCUT2D eigenvalue weighted by molar-refractivity contribution is 0.102. The van der Waals surface area contributed by atoms with Crippen molar-refractivity contribution in [2.24, 2.45) is 0 Å². The number of anilines is 1. The summed E-state index contributed by atoms with van der Waals surface area (Å²) in [6, 6.07) is 22.1. The van der Waals surface area contributed by atoms with E-state index in [-0.39, 0.29) is 5.91 Å². The second kappa shape index (κ2) is 9.15. The molecule has 0 atom stereocenters. The number of carbonyl (C=O) groups excluding carboxylic acids is 1. The van der Waals surface area contributed by atoms with Gasteiger partial charge in [0.05, 0.1) is 5.69 Å². The molecule has 1 heterocycles. The molecular formula is C27H29N3O2. The molecule has 0 bridgehead atoms. The fourth-order valence-electron chi connectivity index (χ4n) is 4.51. The molecule has 1 amide bonds. The topological polar surface area (TPSA) is 44.8 Å². The van der Waals surface area contributed by atoms with Crippen LogP contribution in [0.3, 0.4) is 0 Å². The molecule has 0 saturated carbocycles. The minimum absolute atomic E-state index is 0.118. The van der Waals surface area contributed by atoms with Crippen molar-refractivity contribution < 1.29 is 9.53 Å². The van der Waals surface area contributed by atoms with Crippen LogP contribution in [0.25, 0.3) is 11.1 Å². The first-order chi connectivity index (χ1) is 15.7. The summed E-state index contributed by atoms with van der Waals surface area (Å²) in [6.45, 7) is 5.82. The third-order valence-electron chi connectivity index (χ3n) is 6.46. The van der Waals surface area contributed by atoms with Crippen molar-refractivity contribution in [3.8, 4) is 16.9 Å². The van der Waals surface area contributed by atoms with Gasteiger partial charge in [-0.2, -0.15) is 0 Å². The summed E-state index contributed by atoms with van der Waals surface area (Å²) >= 11 is 0. The molecule has 5 nitrogen and oxygen atoms in total. The number of hydrogen-bond acceptors (Lipinski definition) is 4. The average Bonchev–Trinajstić information content (AvgIpc) is 3.19. The van der Waals surface area contributed by atoms with Crippen molar-refractivity contribution in [3.05, 3.63) is 83.4 Å². The van der Waals surface area contributed by atoms with E-state index in [1.54, 1.807) is 0 Å². The van der Waals surface area contributed by atoms with Gasteiger partial charge in [0.15, 0.2) is 0 Å². The highest BCUT2D eigenvalue weighted by Gasteiger charge is 2.20. The van der Waals surface area contributed by atoms with Crippen LogP contribution in [0.4, 0.5) is 5.69 Å². The smallest absolute Gasteiger partial charge is 0.255 e. The highest BCUT2D eigenvalue weighted by Crippen LogP contribution is 2.37. The molecule has 5 rings (SSSR count). The zero-order valence-electron chi connectivity index (χ0n) is 18.5. The van der Waals surface area contributed by atoms with Crippen molar-refractivity contribution in [2.75, 3.05) is 51.7 Å². The number of ether oxygens (including phenoxy) is 1. The van der Waals surface area contributed by atoms with Crippen LogP contribution in [0, 0.1) is 0 Å².